The van der Waals surface area contributed by atoms with Gasteiger partial charge in [0, 0.05) is 12.6 Å². The van der Waals surface area contributed by atoms with E-state index in [1.165, 1.54) is 24.1 Å². The molecule has 0 bridgehead atoms. The third-order valence-corrected chi connectivity index (χ3v) is 3.52. The number of likely N-dealkylation sites (N-methyl/N-ethyl adjacent to an activating group) is 1. The molecule has 156 valence electrons. The quantitative estimate of drug-likeness (QED) is 0.712. The zero-order valence-corrected chi connectivity index (χ0v) is 17.6. The molecule has 0 saturated carbocycles. The van der Waals surface area contributed by atoms with Crippen LogP contribution >= 0.6 is 0 Å². The molecule has 28 heavy (non-hydrogen) atoms. The van der Waals surface area contributed by atoms with E-state index in [1.54, 1.807) is 32.9 Å². The molecule has 0 radical (unpaired) electrons. The molecule has 1 unspecified atom stereocenters. The van der Waals surface area contributed by atoms with Crippen molar-refractivity contribution in [3.8, 4) is 5.75 Å². The molecule has 0 spiro atoms. The van der Waals surface area contributed by atoms with E-state index >= 15 is 0 Å². The van der Waals surface area contributed by atoms with Gasteiger partial charge < -0.3 is 25.4 Å². The lowest BCUT2D eigenvalue weighted by atomic mass is 10.0. The van der Waals surface area contributed by atoms with Crippen molar-refractivity contribution in [3.05, 3.63) is 29.8 Å². The summed E-state index contributed by atoms with van der Waals surface area (Å²) in [6.45, 7) is 10.4. The second-order valence-electron chi connectivity index (χ2n) is 8.59. The maximum atomic E-state index is 12.8. The number of hydrogen-bond acceptors (Lipinski definition) is 5. The molecule has 0 fully saturated rings. The summed E-state index contributed by atoms with van der Waals surface area (Å²) in [5.41, 5.74) is -0.641. The Labute approximate surface area is 166 Å². The molecular weight excluding hydrogens is 362 g/mol. The number of aromatic hydroxyl groups is 1. The number of phenols is 1. The van der Waals surface area contributed by atoms with Crippen molar-refractivity contribution in [1.29, 1.82) is 0 Å². The Bertz CT molecular complexity index is 702. The van der Waals surface area contributed by atoms with Crippen LogP contribution in [0.25, 0.3) is 0 Å². The summed E-state index contributed by atoms with van der Waals surface area (Å²) in [7, 11) is 1.48. The van der Waals surface area contributed by atoms with Crippen LogP contribution in [0.5, 0.6) is 5.75 Å². The van der Waals surface area contributed by atoms with Gasteiger partial charge in [0.1, 0.15) is 23.9 Å². The van der Waals surface area contributed by atoms with Crippen LogP contribution in [-0.2, 0) is 14.3 Å². The van der Waals surface area contributed by atoms with Gasteiger partial charge in [-0.2, -0.15) is 0 Å². The molecule has 0 aromatic heterocycles. The van der Waals surface area contributed by atoms with E-state index < -0.39 is 29.2 Å². The van der Waals surface area contributed by atoms with Crippen LogP contribution in [0.1, 0.15) is 53.1 Å². The molecule has 1 aromatic rings. The van der Waals surface area contributed by atoms with Gasteiger partial charge >= 0.3 is 6.09 Å². The van der Waals surface area contributed by atoms with E-state index in [1.807, 2.05) is 20.8 Å². The highest BCUT2D eigenvalue weighted by atomic mass is 16.6. The number of carbonyl (C=O) groups excluding carboxylic acids is 3. The minimum atomic E-state index is -0.923. The molecule has 3 amide bonds. The van der Waals surface area contributed by atoms with E-state index in [0.717, 1.165) is 0 Å². The summed E-state index contributed by atoms with van der Waals surface area (Å²) in [6.07, 6.45) is -0.713. The van der Waals surface area contributed by atoms with Gasteiger partial charge in [0.05, 0.1) is 0 Å². The van der Waals surface area contributed by atoms with E-state index in [0.29, 0.717) is 5.56 Å². The van der Waals surface area contributed by atoms with Crippen molar-refractivity contribution in [2.75, 3.05) is 13.6 Å². The molecule has 8 heteroatoms. The van der Waals surface area contributed by atoms with Gasteiger partial charge in [-0.1, -0.05) is 12.1 Å². The first-order valence-electron chi connectivity index (χ1n) is 9.03. The van der Waals surface area contributed by atoms with Gasteiger partial charge in [0.2, 0.25) is 11.8 Å². The molecule has 0 aliphatic heterocycles. The SMILES string of the molecule is CN(C(=O)CNC(=O)OC(C)(C)C)C(C(=O)NC(C)(C)C)c1ccc(O)cc1. The van der Waals surface area contributed by atoms with Gasteiger partial charge in [0.25, 0.3) is 0 Å². The normalized spacial score (nSPS) is 12.7. The maximum Gasteiger partial charge on any atom is 0.408 e. The number of benzene rings is 1. The minimum absolute atomic E-state index is 0.0549. The highest BCUT2D eigenvalue weighted by Crippen LogP contribution is 2.23. The molecule has 1 atom stereocenters. The predicted molar refractivity (Wildman–Crippen MR) is 106 cm³/mol. The third-order valence-electron chi connectivity index (χ3n) is 3.52. The first-order chi connectivity index (χ1) is 12.7. The summed E-state index contributed by atoms with van der Waals surface area (Å²) >= 11 is 0. The van der Waals surface area contributed by atoms with E-state index in [9.17, 15) is 19.5 Å². The van der Waals surface area contributed by atoms with E-state index in [2.05, 4.69) is 10.6 Å². The number of amides is 3. The molecule has 0 aliphatic carbocycles. The zero-order chi connectivity index (χ0) is 21.7. The highest BCUT2D eigenvalue weighted by molar-refractivity contribution is 5.90. The standard InChI is InChI=1S/C20H31N3O5/c1-19(2,3)22-17(26)16(13-8-10-14(24)11-9-13)23(7)15(25)12-21-18(27)28-20(4,5)6/h8-11,16,24H,12H2,1-7H3,(H,21,27)(H,22,26). The Kier molecular flexibility index (Phi) is 7.43. The van der Waals surface area contributed by atoms with Crippen molar-refractivity contribution < 1.29 is 24.2 Å². The smallest absolute Gasteiger partial charge is 0.408 e. The number of alkyl carbamates (subject to hydrolysis) is 1. The molecule has 0 heterocycles. The fourth-order valence-corrected chi connectivity index (χ4v) is 2.38. The molecule has 3 N–H and O–H groups in total. The van der Waals surface area contributed by atoms with Crippen LogP contribution in [0, 0.1) is 0 Å². The minimum Gasteiger partial charge on any atom is -0.508 e. The first kappa shape index (κ1) is 23.3. The summed E-state index contributed by atoms with van der Waals surface area (Å²) in [5, 5.41) is 14.8. The monoisotopic (exact) mass is 393 g/mol. The summed E-state index contributed by atoms with van der Waals surface area (Å²) in [6, 6.07) is 5.13. The van der Waals surface area contributed by atoms with Crippen LogP contribution in [0.2, 0.25) is 0 Å². The van der Waals surface area contributed by atoms with Gasteiger partial charge in [-0.15, -0.1) is 0 Å². The van der Waals surface area contributed by atoms with Crippen LogP contribution in [0.4, 0.5) is 4.79 Å². The van der Waals surface area contributed by atoms with Crippen LogP contribution < -0.4 is 10.6 Å². The van der Waals surface area contributed by atoms with Gasteiger partial charge in [-0.3, -0.25) is 9.59 Å². The van der Waals surface area contributed by atoms with E-state index in [4.69, 9.17) is 4.74 Å². The van der Waals surface area contributed by atoms with E-state index in [-0.39, 0.29) is 18.2 Å². The fraction of sp³-hybridized carbons (Fsp3) is 0.550. The van der Waals surface area contributed by atoms with Crippen molar-refractivity contribution in [1.82, 2.24) is 15.5 Å². The number of nitrogens with zero attached hydrogens (tertiary/aromatic N) is 1. The van der Waals surface area contributed by atoms with Gasteiger partial charge in [-0.25, -0.2) is 4.79 Å². The first-order valence-corrected chi connectivity index (χ1v) is 9.03. The average Bonchev–Trinajstić information content (AvgIpc) is 2.51. The Morgan fingerprint density at radius 2 is 1.61 bits per heavy atom. The van der Waals surface area contributed by atoms with Crippen LogP contribution in [0.3, 0.4) is 0 Å². The lowest BCUT2D eigenvalue weighted by Crippen LogP contribution is -2.50. The average molecular weight is 393 g/mol. The Balaban J connectivity index is 2.96. The number of phenolic OH excluding ortho intramolecular Hbond substituents is 1. The summed E-state index contributed by atoms with van der Waals surface area (Å²) in [4.78, 5) is 38.5. The van der Waals surface area contributed by atoms with Crippen molar-refractivity contribution in [2.45, 2.75) is 58.7 Å². The highest BCUT2D eigenvalue weighted by Gasteiger charge is 2.31. The van der Waals surface area contributed by atoms with Crippen molar-refractivity contribution in [3.63, 3.8) is 0 Å². The molecule has 0 aliphatic rings. The maximum absolute atomic E-state index is 12.8. The predicted octanol–water partition coefficient (Wildman–Crippen LogP) is 2.33. The lowest BCUT2D eigenvalue weighted by molar-refractivity contribution is -0.139. The van der Waals surface area contributed by atoms with Gasteiger partial charge in [0.15, 0.2) is 0 Å². The molecular formula is C20H31N3O5. The van der Waals surface area contributed by atoms with Crippen molar-refractivity contribution in [2.24, 2.45) is 0 Å². The molecule has 0 saturated heterocycles. The van der Waals surface area contributed by atoms with Crippen LogP contribution in [0.15, 0.2) is 24.3 Å². The Morgan fingerprint density at radius 3 is 2.07 bits per heavy atom. The van der Waals surface area contributed by atoms with Gasteiger partial charge in [-0.05, 0) is 59.2 Å². The third kappa shape index (κ3) is 7.85. The largest absolute Gasteiger partial charge is 0.508 e. The molecule has 1 aromatic carbocycles. The number of hydrogen-bond donors (Lipinski definition) is 3. The number of carbonyl (C=O) groups is 3. The molecule has 1 rings (SSSR count). The second kappa shape index (κ2) is 8.95. The Hall–Kier alpha value is -2.77. The topological polar surface area (TPSA) is 108 Å². The number of ether oxygens (including phenoxy) is 1. The lowest BCUT2D eigenvalue weighted by Gasteiger charge is -2.31. The summed E-state index contributed by atoms with van der Waals surface area (Å²) < 4.78 is 5.11. The molecule has 8 nitrogen and oxygen atoms in total. The zero-order valence-electron chi connectivity index (χ0n) is 17.6. The summed E-state index contributed by atoms with van der Waals surface area (Å²) in [5.74, 6) is -0.779. The second-order valence-corrected chi connectivity index (χ2v) is 8.59. The fourth-order valence-electron chi connectivity index (χ4n) is 2.38. The number of nitrogens with one attached hydrogen (secondary N) is 2. The Morgan fingerprint density at radius 1 is 1.07 bits per heavy atom. The van der Waals surface area contributed by atoms with Crippen LogP contribution in [-0.4, -0.2) is 52.6 Å². The van der Waals surface area contributed by atoms with Crippen molar-refractivity contribution >= 4 is 17.9 Å². The number of rotatable bonds is 5.